The van der Waals surface area contributed by atoms with Gasteiger partial charge >= 0.3 is 0 Å². The third kappa shape index (κ3) is 2.29. The van der Waals surface area contributed by atoms with Crippen LogP contribution in [0.5, 0.6) is 0 Å². The van der Waals surface area contributed by atoms with Gasteiger partial charge in [0.2, 0.25) is 0 Å². The van der Waals surface area contributed by atoms with Gasteiger partial charge in [-0.25, -0.2) is 4.98 Å². The summed E-state index contributed by atoms with van der Waals surface area (Å²) in [6, 6.07) is 1.91. The van der Waals surface area contributed by atoms with Crippen LogP contribution >= 0.6 is 34.5 Å². The first-order valence-electron chi connectivity index (χ1n) is 5.63. The lowest BCUT2D eigenvalue weighted by atomic mass is 10.3. The summed E-state index contributed by atoms with van der Waals surface area (Å²) in [7, 11) is 0. The van der Waals surface area contributed by atoms with E-state index >= 15 is 0 Å². The highest BCUT2D eigenvalue weighted by atomic mass is 35.5. The predicted octanol–water partition coefficient (Wildman–Crippen LogP) is 2.57. The molecule has 19 heavy (non-hydrogen) atoms. The zero-order valence-electron chi connectivity index (χ0n) is 9.96. The van der Waals surface area contributed by atoms with E-state index in [2.05, 4.69) is 21.5 Å². The Hall–Kier alpha value is -1.31. The molecule has 5 nitrogen and oxygen atoms in total. The second kappa shape index (κ2) is 4.99. The van der Waals surface area contributed by atoms with Crippen molar-refractivity contribution in [3.63, 3.8) is 0 Å². The molecule has 0 unspecified atom stereocenters. The van der Waals surface area contributed by atoms with Gasteiger partial charge in [-0.15, -0.1) is 16.4 Å². The van der Waals surface area contributed by atoms with Gasteiger partial charge in [-0.2, -0.15) is 0 Å². The highest BCUT2D eigenvalue weighted by Crippen LogP contribution is 2.22. The molecule has 0 aliphatic heterocycles. The Labute approximate surface area is 121 Å². The topological polar surface area (TPSA) is 60.7 Å². The van der Waals surface area contributed by atoms with Crippen molar-refractivity contribution in [3.05, 3.63) is 37.7 Å². The molecule has 3 rings (SSSR count). The molecule has 8 heteroatoms. The summed E-state index contributed by atoms with van der Waals surface area (Å²) in [6.07, 6.45) is 2.44. The Morgan fingerprint density at radius 3 is 3.00 bits per heavy atom. The van der Waals surface area contributed by atoms with Crippen LogP contribution in [0.25, 0.3) is 10.2 Å². The third-order valence-electron chi connectivity index (χ3n) is 2.75. The van der Waals surface area contributed by atoms with Gasteiger partial charge in [-0.3, -0.25) is 9.36 Å². The molecule has 0 aliphatic rings. The van der Waals surface area contributed by atoms with Crippen LogP contribution in [0.1, 0.15) is 17.5 Å². The normalized spacial score (nSPS) is 11.3. The van der Waals surface area contributed by atoms with Crippen LogP contribution in [-0.2, 0) is 13.0 Å². The summed E-state index contributed by atoms with van der Waals surface area (Å²) in [6.45, 7) is 2.36. The molecule has 0 aliphatic carbocycles. The summed E-state index contributed by atoms with van der Waals surface area (Å²) in [4.78, 5) is 18.6. The average Bonchev–Trinajstić information content (AvgIpc) is 3.00. The zero-order chi connectivity index (χ0) is 13.4. The molecular weight excluding hydrogens is 304 g/mol. The van der Waals surface area contributed by atoms with Crippen molar-refractivity contribution in [1.82, 2.24) is 19.1 Å². The first kappa shape index (κ1) is 12.7. The fraction of sp³-hybridized carbons (Fsp3) is 0.273. The van der Waals surface area contributed by atoms with Crippen LogP contribution < -0.4 is 5.56 Å². The maximum atomic E-state index is 12.3. The lowest BCUT2D eigenvalue weighted by Gasteiger charge is -2.02. The molecule has 0 saturated heterocycles. The minimum Gasteiger partial charge on any atom is -0.292 e. The van der Waals surface area contributed by atoms with Crippen molar-refractivity contribution in [2.75, 3.05) is 0 Å². The minimum atomic E-state index is -0.0648. The Morgan fingerprint density at radius 1 is 1.47 bits per heavy atom. The molecule has 0 bridgehead atoms. The number of hydrogen-bond donors (Lipinski definition) is 0. The molecule has 3 heterocycles. The van der Waals surface area contributed by atoms with Crippen LogP contribution in [0.3, 0.4) is 0 Å². The molecule has 0 atom stereocenters. The number of halogens is 1. The fourth-order valence-electron chi connectivity index (χ4n) is 1.75. The number of aromatic nitrogens is 4. The second-order valence-electron chi connectivity index (χ2n) is 3.96. The van der Waals surface area contributed by atoms with Crippen molar-refractivity contribution >= 4 is 44.7 Å². The van der Waals surface area contributed by atoms with Crippen LogP contribution in [0.2, 0.25) is 4.34 Å². The molecule has 0 spiro atoms. The highest BCUT2D eigenvalue weighted by molar-refractivity contribution is 7.18. The van der Waals surface area contributed by atoms with Crippen LogP contribution in [0.4, 0.5) is 0 Å². The number of nitrogens with zero attached hydrogens (tertiary/aromatic N) is 4. The predicted molar refractivity (Wildman–Crippen MR) is 77.3 cm³/mol. The standard InChI is InChI=1S/C11H9ClN4OS2/c1-2-6-3-7-10(18-6)13-5-16(11(7)17)4-8-9(12)19-15-14-8/h3,5H,2,4H2,1H3. The quantitative estimate of drug-likeness (QED) is 0.746. The van der Waals surface area contributed by atoms with E-state index in [0.29, 0.717) is 22.0 Å². The average molecular weight is 313 g/mol. The summed E-state index contributed by atoms with van der Waals surface area (Å²) >= 11 is 8.61. The molecule has 0 N–H and O–H groups in total. The number of thiophene rings is 1. The summed E-state index contributed by atoms with van der Waals surface area (Å²) < 4.78 is 5.77. The smallest absolute Gasteiger partial charge is 0.262 e. The van der Waals surface area contributed by atoms with Crippen LogP contribution in [0.15, 0.2) is 17.2 Å². The Kier molecular flexibility index (Phi) is 3.34. The Balaban J connectivity index is 2.07. The van der Waals surface area contributed by atoms with E-state index < -0.39 is 0 Å². The van der Waals surface area contributed by atoms with Crippen molar-refractivity contribution in [2.24, 2.45) is 0 Å². The van der Waals surface area contributed by atoms with Gasteiger partial charge in [0.25, 0.3) is 5.56 Å². The molecule has 0 amide bonds. The van der Waals surface area contributed by atoms with E-state index in [-0.39, 0.29) is 5.56 Å². The monoisotopic (exact) mass is 312 g/mol. The van der Waals surface area contributed by atoms with Gasteiger partial charge in [0, 0.05) is 16.4 Å². The molecule has 0 fully saturated rings. The first-order valence-corrected chi connectivity index (χ1v) is 7.60. The molecule has 3 aromatic rings. The Bertz CT molecular complexity index is 791. The second-order valence-corrected chi connectivity index (χ2v) is 6.43. The molecule has 3 aromatic heterocycles. The van der Waals surface area contributed by atoms with Gasteiger partial charge in [-0.1, -0.05) is 23.0 Å². The SMILES string of the molecule is CCc1cc2c(=O)n(Cc3nnsc3Cl)cnc2s1. The molecule has 98 valence electrons. The van der Waals surface area contributed by atoms with E-state index in [1.54, 1.807) is 11.3 Å². The number of hydrogen-bond acceptors (Lipinski definition) is 6. The van der Waals surface area contributed by atoms with Crippen LogP contribution in [-0.4, -0.2) is 19.1 Å². The van der Waals surface area contributed by atoms with Gasteiger partial charge in [-0.05, 0) is 12.5 Å². The van der Waals surface area contributed by atoms with E-state index in [1.165, 1.54) is 10.9 Å². The van der Waals surface area contributed by atoms with E-state index in [4.69, 9.17) is 11.6 Å². The molecule has 0 radical (unpaired) electrons. The van der Waals surface area contributed by atoms with Crippen molar-refractivity contribution in [2.45, 2.75) is 19.9 Å². The van der Waals surface area contributed by atoms with Crippen molar-refractivity contribution in [1.29, 1.82) is 0 Å². The zero-order valence-corrected chi connectivity index (χ0v) is 12.3. The maximum absolute atomic E-state index is 12.3. The lowest BCUT2D eigenvalue weighted by Crippen LogP contribution is -2.20. The van der Waals surface area contributed by atoms with E-state index in [0.717, 1.165) is 27.7 Å². The van der Waals surface area contributed by atoms with Gasteiger partial charge in [0.05, 0.1) is 18.3 Å². The molecular formula is C11H9ClN4OS2. The van der Waals surface area contributed by atoms with Gasteiger partial charge < -0.3 is 0 Å². The summed E-state index contributed by atoms with van der Waals surface area (Å²) in [5, 5.41) is 4.56. The summed E-state index contributed by atoms with van der Waals surface area (Å²) in [5.41, 5.74) is 0.533. The summed E-state index contributed by atoms with van der Waals surface area (Å²) in [5.74, 6) is 0. The van der Waals surface area contributed by atoms with Gasteiger partial charge in [0.15, 0.2) is 0 Å². The van der Waals surface area contributed by atoms with E-state index in [1.807, 2.05) is 6.07 Å². The number of aryl methyl sites for hydroxylation is 1. The largest absolute Gasteiger partial charge is 0.292 e. The third-order valence-corrected chi connectivity index (χ3v) is 4.92. The van der Waals surface area contributed by atoms with Crippen molar-refractivity contribution in [3.8, 4) is 0 Å². The highest BCUT2D eigenvalue weighted by Gasteiger charge is 2.11. The minimum absolute atomic E-state index is 0.0648. The van der Waals surface area contributed by atoms with E-state index in [9.17, 15) is 4.79 Å². The number of fused-ring (bicyclic) bond motifs is 1. The molecule has 0 aromatic carbocycles. The fourth-order valence-corrected chi connectivity index (χ4v) is 3.29. The Morgan fingerprint density at radius 2 is 2.32 bits per heavy atom. The first-order chi connectivity index (χ1) is 9.19. The maximum Gasteiger partial charge on any atom is 0.262 e. The van der Waals surface area contributed by atoms with Gasteiger partial charge in [0.1, 0.15) is 14.9 Å². The number of rotatable bonds is 3. The lowest BCUT2D eigenvalue weighted by molar-refractivity contribution is 0.727. The van der Waals surface area contributed by atoms with Crippen molar-refractivity contribution < 1.29 is 0 Å². The van der Waals surface area contributed by atoms with Crippen LogP contribution in [0, 0.1) is 0 Å². The molecule has 0 saturated carbocycles.